The molecular formula is C41H23N. The Morgan fingerprint density at radius 3 is 1.74 bits per heavy atom. The maximum absolute atomic E-state index is 4.71. The summed E-state index contributed by atoms with van der Waals surface area (Å²) >= 11 is 0. The van der Waals surface area contributed by atoms with Crippen LogP contribution in [0.25, 0.3) is 97.8 Å². The average Bonchev–Trinajstić information content (AvgIpc) is 3.56. The van der Waals surface area contributed by atoms with E-state index in [0.717, 1.165) is 5.69 Å². The van der Waals surface area contributed by atoms with Gasteiger partial charge in [0, 0.05) is 11.8 Å². The molecule has 1 nitrogen and oxygen atoms in total. The minimum Gasteiger partial charge on any atom is -0.256 e. The van der Waals surface area contributed by atoms with E-state index in [9.17, 15) is 0 Å². The fourth-order valence-electron chi connectivity index (χ4n) is 7.73. The van der Waals surface area contributed by atoms with Crippen LogP contribution in [-0.4, -0.2) is 4.98 Å². The highest BCUT2D eigenvalue weighted by molar-refractivity contribution is 6.41. The first-order chi connectivity index (χ1) is 20.9. The number of hydrogen-bond acceptors (Lipinski definition) is 1. The van der Waals surface area contributed by atoms with Crippen molar-refractivity contribution in [3.05, 3.63) is 140 Å². The van der Waals surface area contributed by atoms with Gasteiger partial charge in [-0.2, -0.15) is 0 Å². The molecule has 0 radical (unpaired) electrons. The Labute approximate surface area is 241 Å². The summed E-state index contributed by atoms with van der Waals surface area (Å²) in [5.41, 5.74) is 4.76. The first-order valence-corrected chi connectivity index (χ1v) is 14.6. The highest BCUT2D eigenvalue weighted by Gasteiger charge is 2.22. The Hall–Kier alpha value is -5.53. The molecule has 9 aromatic carbocycles. The van der Waals surface area contributed by atoms with Crippen molar-refractivity contribution in [2.24, 2.45) is 0 Å². The van der Waals surface area contributed by atoms with Crippen LogP contribution in [0.5, 0.6) is 0 Å². The van der Waals surface area contributed by atoms with Crippen LogP contribution < -0.4 is 0 Å². The predicted molar refractivity (Wildman–Crippen MR) is 180 cm³/mol. The summed E-state index contributed by atoms with van der Waals surface area (Å²) < 4.78 is 0. The van der Waals surface area contributed by atoms with Crippen molar-refractivity contribution in [3.63, 3.8) is 0 Å². The number of rotatable bonds is 2. The normalized spacial score (nSPS) is 12.3. The van der Waals surface area contributed by atoms with E-state index >= 15 is 0 Å². The third-order valence-corrected chi connectivity index (χ3v) is 9.39. The lowest BCUT2D eigenvalue weighted by Gasteiger charge is -2.14. The molecule has 0 spiro atoms. The van der Waals surface area contributed by atoms with Crippen molar-refractivity contribution < 1.29 is 0 Å². The van der Waals surface area contributed by atoms with Gasteiger partial charge in [0.2, 0.25) is 0 Å². The second-order valence-electron chi connectivity index (χ2n) is 11.4. The van der Waals surface area contributed by atoms with E-state index in [4.69, 9.17) is 4.98 Å². The maximum Gasteiger partial charge on any atom is 0.0708 e. The van der Waals surface area contributed by atoms with Crippen LogP contribution >= 0.6 is 0 Å². The summed E-state index contributed by atoms with van der Waals surface area (Å²) in [6, 6.07) is 49.1. The molecule has 0 aliphatic rings. The number of hydrogen-bond donors (Lipinski definition) is 0. The Balaban J connectivity index is 1.48. The molecule has 1 aromatic heterocycles. The standard InChI is InChI=1S/C41H23N/c1-2-10-24(11-3-1)38-36-23-34-26-13-5-4-12-25(26)28-14-8-16-30(40(28)34)33(36)22-35-31-20-19-27(37-18-6-7-21-42-37)29-15-9-17-32(39(29)31)41(35)38/h1-23H. The van der Waals surface area contributed by atoms with E-state index in [2.05, 4.69) is 127 Å². The highest BCUT2D eigenvalue weighted by atomic mass is 14.7. The summed E-state index contributed by atoms with van der Waals surface area (Å²) in [6.45, 7) is 0. The lowest BCUT2D eigenvalue weighted by Crippen LogP contribution is -1.86. The second kappa shape index (κ2) is 8.02. The molecule has 192 valence electrons. The van der Waals surface area contributed by atoms with Gasteiger partial charge < -0.3 is 0 Å². The molecule has 1 heterocycles. The molecule has 10 aromatic rings. The molecular weight excluding hydrogens is 506 g/mol. The molecule has 0 saturated heterocycles. The van der Waals surface area contributed by atoms with Crippen LogP contribution in [0.3, 0.4) is 0 Å². The van der Waals surface area contributed by atoms with Gasteiger partial charge in [-0.1, -0.05) is 109 Å². The fourth-order valence-corrected chi connectivity index (χ4v) is 7.73. The van der Waals surface area contributed by atoms with Crippen LogP contribution in [0.4, 0.5) is 0 Å². The molecule has 0 aliphatic carbocycles. The SMILES string of the molecule is c1ccc(-c2c3cc4c5ccccc5c5cccc(c3cc3c6ccc(-c7ccccn7)c7cccc(c23)c76)c54)cc1. The fraction of sp³-hybridized carbons (Fsp3) is 0. The van der Waals surface area contributed by atoms with Crippen molar-refractivity contribution in [2.45, 2.75) is 0 Å². The second-order valence-corrected chi connectivity index (χ2v) is 11.4. The van der Waals surface area contributed by atoms with E-state index in [1.54, 1.807) is 0 Å². The van der Waals surface area contributed by atoms with E-state index in [1.165, 1.54) is 92.1 Å². The molecule has 10 rings (SSSR count). The number of pyridine rings is 1. The minimum absolute atomic E-state index is 1.01. The van der Waals surface area contributed by atoms with Gasteiger partial charge in [0.15, 0.2) is 0 Å². The Morgan fingerprint density at radius 1 is 0.333 bits per heavy atom. The van der Waals surface area contributed by atoms with Crippen molar-refractivity contribution >= 4 is 75.4 Å². The smallest absolute Gasteiger partial charge is 0.0708 e. The third kappa shape index (κ3) is 2.75. The van der Waals surface area contributed by atoms with Crippen molar-refractivity contribution in [2.75, 3.05) is 0 Å². The number of aromatic nitrogens is 1. The quantitative estimate of drug-likeness (QED) is 0.203. The molecule has 0 bridgehead atoms. The van der Waals surface area contributed by atoms with E-state index in [-0.39, 0.29) is 0 Å². The Bertz CT molecular complexity index is 2650. The number of fused-ring (bicyclic) bond motifs is 8. The molecule has 0 fully saturated rings. The van der Waals surface area contributed by atoms with Gasteiger partial charge in [-0.15, -0.1) is 0 Å². The largest absolute Gasteiger partial charge is 0.256 e. The molecule has 42 heavy (non-hydrogen) atoms. The molecule has 1 heteroatoms. The van der Waals surface area contributed by atoms with Gasteiger partial charge >= 0.3 is 0 Å². The van der Waals surface area contributed by atoms with Crippen molar-refractivity contribution in [3.8, 4) is 22.4 Å². The molecule has 0 saturated carbocycles. The summed E-state index contributed by atoms with van der Waals surface area (Å²) in [4.78, 5) is 4.71. The molecule has 0 N–H and O–H groups in total. The van der Waals surface area contributed by atoms with Gasteiger partial charge in [-0.25, -0.2) is 0 Å². The zero-order valence-electron chi connectivity index (χ0n) is 22.7. The van der Waals surface area contributed by atoms with Gasteiger partial charge in [-0.05, 0) is 111 Å². The monoisotopic (exact) mass is 529 g/mol. The lowest BCUT2D eigenvalue weighted by molar-refractivity contribution is 1.33. The van der Waals surface area contributed by atoms with Gasteiger partial charge in [0.05, 0.1) is 5.69 Å². The molecule has 0 atom stereocenters. The summed E-state index contributed by atoms with van der Waals surface area (Å²) in [7, 11) is 0. The Kier molecular flexibility index (Phi) is 4.24. The average molecular weight is 530 g/mol. The first-order valence-electron chi connectivity index (χ1n) is 14.6. The third-order valence-electron chi connectivity index (χ3n) is 9.39. The molecule has 0 aliphatic heterocycles. The van der Waals surface area contributed by atoms with Crippen LogP contribution in [0, 0.1) is 0 Å². The maximum atomic E-state index is 4.71. The zero-order valence-corrected chi connectivity index (χ0v) is 22.7. The highest BCUT2D eigenvalue weighted by Crippen LogP contribution is 2.50. The lowest BCUT2D eigenvalue weighted by atomic mass is 9.89. The number of nitrogens with zero attached hydrogens (tertiary/aromatic N) is 1. The van der Waals surface area contributed by atoms with E-state index < -0.39 is 0 Å². The minimum atomic E-state index is 1.01. The van der Waals surface area contributed by atoms with E-state index in [0.29, 0.717) is 0 Å². The first kappa shape index (κ1) is 22.2. The predicted octanol–water partition coefficient (Wildman–Crippen LogP) is 11.4. The van der Waals surface area contributed by atoms with Crippen LogP contribution in [0.1, 0.15) is 0 Å². The van der Waals surface area contributed by atoms with Crippen LogP contribution in [0.2, 0.25) is 0 Å². The topological polar surface area (TPSA) is 12.9 Å². The Morgan fingerprint density at radius 2 is 0.929 bits per heavy atom. The van der Waals surface area contributed by atoms with Gasteiger partial charge in [-0.3, -0.25) is 4.98 Å². The van der Waals surface area contributed by atoms with Crippen LogP contribution in [-0.2, 0) is 0 Å². The van der Waals surface area contributed by atoms with Gasteiger partial charge in [0.25, 0.3) is 0 Å². The van der Waals surface area contributed by atoms with Gasteiger partial charge in [0.1, 0.15) is 0 Å². The van der Waals surface area contributed by atoms with Crippen molar-refractivity contribution in [1.82, 2.24) is 4.98 Å². The zero-order chi connectivity index (χ0) is 27.4. The van der Waals surface area contributed by atoms with Crippen LogP contribution in [0.15, 0.2) is 140 Å². The number of benzene rings is 7. The van der Waals surface area contributed by atoms with E-state index in [1.807, 2.05) is 12.3 Å². The summed E-state index contributed by atoms with van der Waals surface area (Å²) in [5, 5.41) is 18.5. The summed E-state index contributed by atoms with van der Waals surface area (Å²) in [5.74, 6) is 0. The summed E-state index contributed by atoms with van der Waals surface area (Å²) in [6.07, 6.45) is 1.88. The van der Waals surface area contributed by atoms with Crippen molar-refractivity contribution in [1.29, 1.82) is 0 Å². The molecule has 0 unspecified atom stereocenters. The molecule has 0 amide bonds.